The minimum Gasteiger partial charge on any atom is -0.377 e. The third kappa shape index (κ3) is 3.18. The van der Waals surface area contributed by atoms with Crippen molar-refractivity contribution in [3.05, 3.63) is 35.7 Å². The molecule has 1 aromatic carbocycles. The summed E-state index contributed by atoms with van der Waals surface area (Å²) in [4.78, 5) is 2.59. The molecule has 0 aliphatic rings. The van der Waals surface area contributed by atoms with Crippen molar-refractivity contribution in [2.45, 2.75) is 23.9 Å². The average Bonchev–Trinajstić information content (AvgIpc) is 2.81. The van der Waals surface area contributed by atoms with E-state index in [1.165, 1.54) is 6.92 Å². The Hall–Kier alpha value is -2.17. The Morgan fingerprint density at radius 1 is 1.32 bits per heavy atom. The molecule has 1 N–H and O–H groups in total. The fourth-order valence-corrected chi connectivity index (χ4v) is 2.52. The van der Waals surface area contributed by atoms with Crippen LogP contribution in [-0.4, -0.2) is 24.1 Å². The van der Waals surface area contributed by atoms with Crippen LogP contribution in [0.5, 0.6) is 0 Å². The van der Waals surface area contributed by atoms with Gasteiger partial charge in [0.2, 0.25) is 5.89 Å². The molecule has 120 valence electrons. The molecule has 1 heterocycles. The van der Waals surface area contributed by atoms with E-state index in [-0.39, 0.29) is 18.3 Å². The number of rotatable bonds is 4. The Kier molecular flexibility index (Phi) is 4.09. The molecule has 11 heteroatoms. The number of sulfone groups is 1. The monoisotopic (exact) mass is 339 g/mol. The van der Waals surface area contributed by atoms with Crippen molar-refractivity contribution in [3.63, 3.8) is 0 Å². The van der Waals surface area contributed by atoms with Gasteiger partial charge in [0.25, 0.3) is 9.84 Å². The molecule has 0 atom stereocenters. The Bertz CT molecular complexity index is 786. The number of benzene rings is 1. The summed E-state index contributed by atoms with van der Waals surface area (Å²) in [5, 5.41) is 5.91. The van der Waals surface area contributed by atoms with Crippen LogP contribution in [0, 0.1) is 12.7 Å². The van der Waals surface area contributed by atoms with E-state index < -0.39 is 31.7 Å². The molecule has 0 bridgehead atoms. The first-order valence-corrected chi connectivity index (χ1v) is 7.23. The number of hydrogen-bond acceptors (Lipinski definition) is 6. The highest BCUT2D eigenvalue weighted by molar-refractivity contribution is 7.92. The number of nitrogens with zero attached hydrogens (tertiary/aromatic N) is 2. The second-order valence-electron chi connectivity index (χ2n) is 4.17. The van der Waals surface area contributed by atoms with E-state index in [9.17, 15) is 26.0 Å². The molecule has 0 spiro atoms. The van der Waals surface area contributed by atoms with Gasteiger partial charge in [0.15, 0.2) is 5.82 Å². The van der Waals surface area contributed by atoms with Gasteiger partial charge in [0.1, 0.15) is 10.7 Å². The minimum absolute atomic E-state index is 0.109. The molecule has 2 rings (SSSR count). The number of hydrogen-bond donors (Lipinski definition) is 1. The van der Waals surface area contributed by atoms with Crippen LogP contribution < -0.4 is 5.32 Å². The van der Waals surface area contributed by atoms with Gasteiger partial charge in [0.05, 0.1) is 12.2 Å². The molecule has 0 fully saturated rings. The standard InChI is InChI=1S/C11H9F4N3O3S/c1-6-17-10(18-21-6)5-16-8-3-2-7(12)4-9(8)22(19,20)11(13,14)15/h2-4,16H,5H2,1H3. The zero-order chi connectivity index (χ0) is 16.5. The lowest BCUT2D eigenvalue weighted by Gasteiger charge is -2.13. The number of alkyl halides is 3. The predicted molar refractivity (Wildman–Crippen MR) is 66.0 cm³/mol. The summed E-state index contributed by atoms with van der Waals surface area (Å²) in [6.45, 7) is 1.32. The van der Waals surface area contributed by atoms with Gasteiger partial charge in [-0.1, -0.05) is 5.16 Å². The Labute approximate surface area is 122 Å². The van der Waals surface area contributed by atoms with E-state index in [0.29, 0.717) is 6.07 Å². The van der Waals surface area contributed by atoms with Gasteiger partial charge >= 0.3 is 5.51 Å². The lowest BCUT2D eigenvalue weighted by atomic mass is 10.3. The van der Waals surface area contributed by atoms with Crippen LogP contribution in [0.15, 0.2) is 27.6 Å². The fraction of sp³-hybridized carbons (Fsp3) is 0.273. The molecule has 22 heavy (non-hydrogen) atoms. The van der Waals surface area contributed by atoms with Gasteiger partial charge in [-0.2, -0.15) is 18.2 Å². The summed E-state index contributed by atoms with van der Waals surface area (Å²) in [5.41, 5.74) is -5.96. The van der Waals surface area contributed by atoms with Gasteiger partial charge in [-0.05, 0) is 18.2 Å². The smallest absolute Gasteiger partial charge is 0.377 e. The lowest BCUT2D eigenvalue weighted by molar-refractivity contribution is -0.0435. The second-order valence-corrected chi connectivity index (χ2v) is 6.08. The van der Waals surface area contributed by atoms with Crippen LogP contribution in [-0.2, 0) is 16.4 Å². The van der Waals surface area contributed by atoms with Crippen LogP contribution in [0.25, 0.3) is 0 Å². The van der Waals surface area contributed by atoms with Crippen LogP contribution >= 0.6 is 0 Å². The third-order valence-electron chi connectivity index (χ3n) is 2.54. The van der Waals surface area contributed by atoms with Crippen molar-refractivity contribution < 1.29 is 30.5 Å². The van der Waals surface area contributed by atoms with Crippen molar-refractivity contribution in [2.75, 3.05) is 5.32 Å². The first kappa shape index (κ1) is 16.2. The predicted octanol–water partition coefficient (Wildman–Crippen LogP) is 2.42. The molecule has 0 aliphatic heterocycles. The van der Waals surface area contributed by atoms with Gasteiger partial charge in [0, 0.05) is 6.92 Å². The maximum Gasteiger partial charge on any atom is 0.501 e. The normalized spacial score (nSPS) is 12.4. The van der Waals surface area contributed by atoms with E-state index in [2.05, 4.69) is 20.0 Å². The van der Waals surface area contributed by atoms with E-state index in [4.69, 9.17) is 0 Å². The quantitative estimate of drug-likeness (QED) is 0.861. The fourth-order valence-electron chi connectivity index (χ4n) is 1.58. The number of nitrogens with one attached hydrogen (secondary N) is 1. The zero-order valence-electron chi connectivity index (χ0n) is 11.0. The summed E-state index contributed by atoms with van der Waals surface area (Å²) in [7, 11) is -5.70. The number of aryl methyl sites for hydroxylation is 1. The molecule has 0 amide bonds. The first-order chi connectivity index (χ1) is 10.1. The van der Waals surface area contributed by atoms with Crippen LogP contribution in [0.3, 0.4) is 0 Å². The molecular weight excluding hydrogens is 330 g/mol. The summed E-state index contributed by atoms with van der Waals surface area (Å²) < 4.78 is 78.6. The lowest BCUT2D eigenvalue weighted by Crippen LogP contribution is -2.24. The Balaban J connectivity index is 2.36. The van der Waals surface area contributed by atoms with E-state index >= 15 is 0 Å². The van der Waals surface area contributed by atoms with Gasteiger partial charge in [-0.25, -0.2) is 12.8 Å². The molecule has 0 unspecified atom stereocenters. The average molecular weight is 339 g/mol. The van der Waals surface area contributed by atoms with Crippen LogP contribution in [0.1, 0.15) is 11.7 Å². The van der Waals surface area contributed by atoms with Crippen molar-refractivity contribution in [1.82, 2.24) is 10.1 Å². The van der Waals surface area contributed by atoms with E-state index in [1.807, 2.05) is 0 Å². The Morgan fingerprint density at radius 3 is 2.55 bits per heavy atom. The molecule has 0 saturated carbocycles. The van der Waals surface area contributed by atoms with Crippen LogP contribution in [0.2, 0.25) is 0 Å². The Morgan fingerprint density at radius 2 is 2.00 bits per heavy atom. The second kappa shape index (κ2) is 5.55. The van der Waals surface area contributed by atoms with E-state index in [1.54, 1.807) is 0 Å². The largest absolute Gasteiger partial charge is 0.501 e. The summed E-state index contributed by atoms with van der Waals surface area (Å²) in [6, 6.07) is 2.02. The van der Waals surface area contributed by atoms with Gasteiger partial charge in [-0.15, -0.1) is 0 Å². The van der Waals surface area contributed by atoms with Gasteiger partial charge < -0.3 is 9.84 Å². The summed E-state index contributed by atoms with van der Waals surface area (Å²) in [5.74, 6) is -0.764. The van der Waals surface area contributed by atoms with Crippen molar-refractivity contribution >= 4 is 15.5 Å². The highest BCUT2D eigenvalue weighted by Crippen LogP contribution is 2.34. The highest BCUT2D eigenvalue weighted by atomic mass is 32.2. The zero-order valence-corrected chi connectivity index (χ0v) is 11.8. The molecule has 0 aliphatic carbocycles. The third-order valence-corrected chi connectivity index (χ3v) is 4.07. The highest BCUT2D eigenvalue weighted by Gasteiger charge is 2.48. The van der Waals surface area contributed by atoms with Crippen molar-refractivity contribution in [3.8, 4) is 0 Å². The van der Waals surface area contributed by atoms with Crippen molar-refractivity contribution in [1.29, 1.82) is 0 Å². The summed E-state index contributed by atoms with van der Waals surface area (Å²) >= 11 is 0. The summed E-state index contributed by atoms with van der Waals surface area (Å²) in [6.07, 6.45) is 0. The van der Waals surface area contributed by atoms with Crippen molar-refractivity contribution in [2.24, 2.45) is 0 Å². The number of aromatic nitrogens is 2. The maximum atomic E-state index is 13.1. The SMILES string of the molecule is Cc1nc(CNc2ccc(F)cc2S(=O)(=O)C(F)(F)F)no1. The number of anilines is 1. The van der Waals surface area contributed by atoms with E-state index in [0.717, 1.165) is 12.1 Å². The van der Waals surface area contributed by atoms with Gasteiger partial charge in [-0.3, -0.25) is 0 Å². The number of halogens is 4. The molecule has 1 aromatic heterocycles. The maximum absolute atomic E-state index is 13.1. The molecule has 6 nitrogen and oxygen atoms in total. The molecule has 0 radical (unpaired) electrons. The molecular formula is C11H9F4N3O3S. The van der Waals surface area contributed by atoms with Crippen LogP contribution in [0.4, 0.5) is 23.2 Å². The molecule has 0 saturated heterocycles. The first-order valence-electron chi connectivity index (χ1n) is 5.75. The minimum atomic E-state index is -5.70. The molecule has 2 aromatic rings. The topological polar surface area (TPSA) is 85.1 Å².